The first-order chi connectivity index (χ1) is 5.83. The number of hydrogen-bond donors (Lipinski definition) is 0. The van der Waals surface area contributed by atoms with E-state index < -0.39 is 0 Å². The summed E-state index contributed by atoms with van der Waals surface area (Å²) in [5.41, 5.74) is 0.986. The number of ether oxygens (including phenoxy) is 1. The second kappa shape index (κ2) is 3.03. The van der Waals surface area contributed by atoms with Crippen LogP contribution in [0.15, 0.2) is 22.1 Å². The highest BCUT2D eigenvalue weighted by Gasteiger charge is 2.07. The van der Waals surface area contributed by atoms with E-state index in [9.17, 15) is 0 Å². The molecule has 0 fully saturated rings. The number of pyridine rings is 1. The second-order valence-electron chi connectivity index (χ2n) is 2.27. The summed E-state index contributed by atoms with van der Waals surface area (Å²) in [6.07, 6.45) is 1.76. The number of nitrogens with zero attached hydrogens (tertiary/aromatic N) is 1. The van der Waals surface area contributed by atoms with Crippen molar-refractivity contribution >= 4 is 37.5 Å². The summed E-state index contributed by atoms with van der Waals surface area (Å²) in [6, 6.07) is 1.98. The van der Waals surface area contributed by atoms with Crippen molar-refractivity contribution in [2.45, 2.75) is 0 Å². The van der Waals surface area contributed by atoms with Gasteiger partial charge in [-0.3, -0.25) is 4.98 Å². The van der Waals surface area contributed by atoms with Crippen LogP contribution in [0.25, 0.3) is 10.2 Å². The van der Waals surface area contributed by atoms with Gasteiger partial charge in [0, 0.05) is 6.20 Å². The first-order valence-corrected chi connectivity index (χ1v) is 5.06. The van der Waals surface area contributed by atoms with Gasteiger partial charge in [-0.15, -0.1) is 11.3 Å². The van der Waals surface area contributed by atoms with Crippen LogP contribution in [-0.2, 0) is 0 Å². The number of methoxy groups -OCH3 is 1. The van der Waals surface area contributed by atoms with Crippen molar-refractivity contribution in [3.05, 3.63) is 22.1 Å². The average Bonchev–Trinajstić information content (AvgIpc) is 2.52. The Hall–Kier alpha value is -0.610. The Morgan fingerprint density at radius 2 is 2.42 bits per heavy atom. The Balaban J connectivity index is 2.83. The van der Waals surface area contributed by atoms with Gasteiger partial charge in [-0.25, -0.2) is 0 Å². The van der Waals surface area contributed by atoms with Crippen LogP contribution in [0.2, 0.25) is 0 Å². The number of thiophene rings is 1. The lowest BCUT2D eigenvalue weighted by molar-refractivity contribution is 0.417. The summed E-state index contributed by atoms with van der Waals surface area (Å²) in [4.78, 5) is 4.23. The third-order valence-electron chi connectivity index (χ3n) is 1.59. The Morgan fingerprint density at radius 1 is 1.58 bits per heavy atom. The summed E-state index contributed by atoms with van der Waals surface area (Å²) < 4.78 is 7.23. The van der Waals surface area contributed by atoms with Gasteiger partial charge in [0.25, 0.3) is 0 Å². The molecule has 0 aromatic carbocycles. The molecule has 0 aliphatic heterocycles. The molecule has 12 heavy (non-hydrogen) atoms. The molecule has 62 valence electrons. The predicted molar refractivity (Wildman–Crippen MR) is 53.9 cm³/mol. The Kier molecular flexibility index (Phi) is 2.02. The van der Waals surface area contributed by atoms with Gasteiger partial charge in [-0.2, -0.15) is 0 Å². The first kappa shape index (κ1) is 8.01. The van der Waals surface area contributed by atoms with E-state index in [0.29, 0.717) is 0 Å². The van der Waals surface area contributed by atoms with Crippen molar-refractivity contribution in [1.29, 1.82) is 0 Å². The van der Waals surface area contributed by atoms with Crippen LogP contribution in [0.1, 0.15) is 0 Å². The zero-order valence-corrected chi connectivity index (χ0v) is 8.78. The molecule has 0 unspecified atom stereocenters. The molecule has 0 amide bonds. The van der Waals surface area contributed by atoms with Crippen molar-refractivity contribution < 1.29 is 4.74 Å². The van der Waals surface area contributed by atoms with Crippen LogP contribution in [0, 0.1) is 0 Å². The minimum Gasteiger partial charge on any atom is -0.494 e. The van der Waals surface area contributed by atoms with E-state index in [0.717, 1.165) is 20.4 Å². The molecule has 0 saturated carbocycles. The van der Waals surface area contributed by atoms with Crippen molar-refractivity contribution in [3.63, 3.8) is 0 Å². The van der Waals surface area contributed by atoms with E-state index in [-0.39, 0.29) is 0 Å². The van der Waals surface area contributed by atoms with E-state index in [4.69, 9.17) is 4.74 Å². The standard InChI is InChI=1S/C8H6BrNOS/c1-11-7-5(9)4-10-6-2-3-12-8(6)7/h2-4H,1H3. The Bertz CT molecular complexity index is 412. The topological polar surface area (TPSA) is 22.1 Å². The molecule has 0 spiro atoms. The van der Waals surface area contributed by atoms with Crippen LogP contribution >= 0.6 is 27.3 Å². The molecule has 2 nitrogen and oxygen atoms in total. The summed E-state index contributed by atoms with van der Waals surface area (Å²) in [5, 5.41) is 2.01. The normalized spacial score (nSPS) is 10.5. The SMILES string of the molecule is COc1c(Br)cnc2ccsc12. The number of aromatic nitrogens is 1. The van der Waals surface area contributed by atoms with Crippen molar-refractivity contribution in [3.8, 4) is 5.75 Å². The number of rotatable bonds is 1. The van der Waals surface area contributed by atoms with Crippen LogP contribution < -0.4 is 4.74 Å². The van der Waals surface area contributed by atoms with Crippen molar-refractivity contribution in [2.75, 3.05) is 7.11 Å². The predicted octanol–water partition coefficient (Wildman–Crippen LogP) is 3.07. The third kappa shape index (κ3) is 1.11. The highest BCUT2D eigenvalue weighted by molar-refractivity contribution is 9.10. The lowest BCUT2D eigenvalue weighted by Gasteiger charge is -2.02. The molecular formula is C8H6BrNOS. The Morgan fingerprint density at radius 3 is 3.17 bits per heavy atom. The van der Waals surface area contributed by atoms with Gasteiger partial charge in [0.15, 0.2) is 5.75 Å². The molecule has 2 aromatic heterocycles. The summed E-state index contributed by atoms with van der Waals surface area (Å²) in [6.45, 7) is 0. The smallest absolute Gasteiger partial charge is 0.153 e. The van der Waals surface area contributed by atoms with E-state index in [1.54, 1.807) is 24.6 Å². The number of halogens is 1. The molecule has 4 heteroatoms. The minimum atomic E-state index is 0.870. The van der Waals surface area contributed by atoms with Crippen LogP contribution in [0.5, 0.6) is 5.75 Å². The summed E-state index contributed by atoms with van der Waals surface area (Å²) in [5.74, 6) is 0.870. The molecule has 2 heterocycles. The average molecular weight is 244 g/mol. The maximum atomic E-state index is 5.24. The maximum Gasteiger partial charge on any atom is 0.153 e. The van der Waals surface area contributed by atoms with Gasteiger partial charge in [0.1, 0.15) is 0 Å². The number of hydrogen-bond acceptors (Lipinski definition) is 3. The largest absolute Gasteiger partial charge is 0.494 e. The van der Waals surface area contributed by atoms with Crippen molar-refractivity contribution in [2.24, 2.45) is 0 Å². The fourth-order valence-corrected chi connectivity index (χ4v) is 2.53. The van der Waals surface area contributed by atoms with Gasteiger partial charge in [-0.05, 0) is 27.4 Å². The van der Waals surface area contributed by atoms with Gasteiger partial charge >= 0.3 is 0 Å². The van der Waals surface area contributed by atoms with E-state index in [2.05, 4.69) is 20.9 Å². The highest BCUT2D eigenvalue weighted by Crippen LogP contribution is 2.34. The molecule has 0 radical (unpaired) electrons. The molecule has 0 aliphatic rings. The molecule has 0 N–H and O–H groups in total. The van der Waals surface area contributed by atoms with E-state index in [1.165, 1.54) is 0 Å². The van der Waals surface area contributed by atoms with Crippen LogP contribution in [0.4, 0.5) is 0 Å². The first-order valence-electron chi connectivity index (χ1n) is 3.38. The molecule has 0 saturated heterocycles. The lowest BCUT2D eigenvalue weighted by Crippen LogP contribution is -1.85. The molecular weight excluding hydrogens is 238 g/mol. The quantitative estimate of drug-likeness (QED) is 0.769. The van der Waals surface area contributed by atoms with Crippen molar-refractivity contribution in [1.82, 2.24) is 4.98 Å². The molecule has 2 aromatic rings. The zero-order valence-electron chi connectivity index (χ0n) is 6.37. The molecule has 2 rings (SSSR count). The minimum absolute atomic E-state index is 0.870. The van der Waals surface area contributed by atoms with Gasteiger partial charge in [0.2, 0.25) is 0 Å². The second-order valence-corrected chi connectivity index (χ2v) is 4.04. The Labute approximate surface area is 82.3 Å². The van der Waals surface area contributed by atoms with Gasteiger partial charge in [-0.1, -0.05) is 0 Å². The lowest BCUT2D eigenvalue weighted by atomic mass is 10.4. The molecule has 0 atom stereocenters. The zero-order chi connectivity index (χ0) is 8.55. The van der Waals surface area contributed by atoms with E-state index in [1.807, 2.05) is 11.4 Å². The summed E-state index contributed by atoms with van der Waals surface area (Å²) in [7, 11) is 1.67. The maximum absolute atomic E-state index is 5.24. The molecule has 0 aliphatic carbocycles. The summed E-state index contributed by atoms with van der Waals surface area (Å²) >= 11 is 5.02. The monoisotopic (exact) mass is 243 g/mol. The van der Waals surface area contributed by atoms with Gasteiger partial charge < -0.3 is 4.74 Å². The highest BCUT2D eigenvalue weighted by atomic mass is 79.9. The van der Waals surface area contributed by atoms with Crippen LogP contribution in [-0.4, -0.2) is 12.1 Å². The fourth-order valence-electron chi connectivity index (χ4n) is 1.06. The molecule has 0 bridgehead atoms. The van der Waals surface area contributed by atoms with Gasteiger partial charge in [0.05, 0.1) is 21.8 Å². The fraction of sp³-hybridized carbons (Fsp3) is 0.125. The third-order valence-corrected chi connectivity index (χ3v) is 3.06. The van der Waals surface area contributed by atoms with Crippen LogP contribution in [0.3, 0.4) is 0 Å². The number of fused-ring (bicyclic) bond motifs is 1. The van der Waals surface area contributed by atoms with E-state index >= 15 is 0 Å².